The normalized spacial score (nSPS) is 15.0. The summed E-state index contributed by atoms with van der Waals surface area (Å²) in [4.78, 5) is 4.46. The first-order valence-corrected chi connectivity index (χ1v) is 4.85. The Labute approximate surface area is 84.5 Å². The first-order valence-electron chi connectivity index (χ1n) is 4.85. The van der Waals surface area contributed by atoms with Gasteiger partial charge in [0.05, 0.1) is 6.54 Å². The molecule has 0 bridgehead atoms. The van der Waals surface area contributed by atoms with Crippen molar-refractivity contribution in [3.8, 4) is 0 Å². The zero-order valence-corrected chi connectivity index (χ0v) is 8.06. The highest BCUT2D eigenvalue weighted by Crippen LogP contribution is 2.03. The summed E-state index contributed by atoms with van der Waals surface area (Å²) in [6, 6.07) is 10.4. The molecule has 0 aliphatic carbocycles. The van der Waals surface area contributed by atoms with Crippen LogP contribution in [0.25, 0.3) is 0 Å². The van der Waals surface area contributed by atoms with E-state index in [1.54, 1.807) is 0 Å². The second-order valence-corrected chi connectivity index (χ2v) is 3.28. The smallest absolute Gasteiger partial charge is 0.0576 e. The maximum atomic E-state index is 4.46. The Bertz CT molecular complexity index is 371. The van der Waals surface area contributed by atoms with Crippen molar-refractivity contribution in [1.82, 2.24) is 0 Å². The van der Waals surface area contributed by atoms with Crippen LogP contribution in [0, 0.1) is 0 Å². The predicted molar refractivity (Wildman–Crippen MR) is 60.7 cm³/mol. The van der Waals surface area contributed by atoms with Crippen LogP contribution < -0.4 is 0 Å². The first kappa shape index (κ1) is 8.95. The number of hydrogen-bond donors (Lipinski definition) is 0. The molecule has 0 fully saturated rings. The molecule has 0 N–H and O–H groups in total. The number of nitrogens with zero attached hydrogens (tertiary/aromatic N) is 1. The van der Waals surface area contributed by atoms with Gasteiger partial charge in [-0.05, 0) is 11.6 Å². The van der Waals surface area contributed by atoms with Gasteiger partial charge in [0.1, 0.15) is 0 Å². The Kier molecular flexibility index (Phi) is 2.92. The molecule has 0 atom stereocenters. The maximum Gasteiger partial charge on any atom is 0.0576 e. The van der Waals surface area contributed by atoms with Crippen LogP contribution in [-0.2, 0) is 6.42 Å². The van der Waals surface area contributed by atoms with Crippen molar-refractivity contribution >= 4 is 5.71 Å². The number of benzene rings is 1. The third-order valence-electron chi connectivity index (χ3n) is 2.16. The average molecular weight is 183 g/mol. The number of hydrogen-bond acceptors (Lipinski definition) is 1. The van der Waals surface area contributed by atoms with Crippen molar-refractivity contribution < 1.29 is 0 Å². The largest absolute Gasteiger partial charge is 0.285 e. The highest BCUT2D eigenvalue weighted by atomic mass is 14.7. The first-order chi connectivity index (χ1) is 6.95. The molecular weight excluding hydrogens is 170 g/mol. The summed E-state index contributed by atoms with van der Waals surface area (Å²) in [5, 5.41) is 0. The fourth-order valence-corrected chi connectivity index (χ4v) is 1.45. The van der Waals surface area contributed by atoms with Gasteiger partial charge < -0.3 is 0 Å². The van der Waals surface area contributed by atoms with E-state index in [0.717, 1.165) is 18.7 Å². The van der Waals surface area contributed by atoms with Gasteiger partial charge in [-0.25, -0.2) is 0 Å². The molecule has 0 unspecified atom stereocenters. The van der Waals surface area contributed by atoms with Crippen molar-refractivity contribution in [1.29, 1.82) is 0 Å². The SMILES string of the molecule is C1=CCN=C(Cc2ccccc2)C=C1. The molecular formula is C13H13N. The summed E-state index contributed by atoms with van der Waals surface area (Å²) in [6.07, 6.45) is 9.17. The molecule has 0 radical (unpaired) electrons. The number of allylic oxidation sites excluding steroid dienone is 3. The van der Waals surface area contributed by atoms with E-state index in [9.17, 15) is 0 Å². The number of rotatable bonds is 2. The lowest BCUT2D eigenvalue weighted by atomic mass is 10.1. The zero-order chi connectivity index (χ0) is 9.64. The summed E-state index contributed by atoms with van der Waals surface area (Å²) in [7, 11) is 0. The van der Waals surface area contributed by atoms with Crippen LogP contribution in [0.4, 0.5) is 0 Å². The minimum Gasteiger partial charge on any atom is -0.285 e. The molecule has 1 aliphatic heterocycles. The molecule has 2 rings (SSSR count). The summed E-state index contributed by atoms with van der Waals surface area (Å²) < 4.78 is 0. The van der Waals surface area contributed by atoms with Gasteiger partial charge in [-0.1, -0.05) is 48.6 Å². The summed E-state index contributed by atoms with van der Waals surface area (Å²) >= 11 is 0. The van der Waals surface area contributed by atoms with Gasteiger partial charge in [-0.3, -0.25) is 4.99 Å². The van der Waals surface area contributed by atoms with Crippen LogP contribution in [0.3, 0.4) is 0 Å². The van der Waals surface area contributed by atoms with E-state index in [-0.39, 0.29) is 0 Å². The lowest BCUT2D eigenvalue weighted by Crippen LogP contribution is -1.99. The maximum absolute atomic E-state index is 4.46. The monoisotopic (exact) mass is 183 g/mol. The third kappa shape index (κ3) is 2.43. The van der Waals surface area contributed by atoms with E-state index in [4.69, 9.17) is 0 Å². The van der Waals surface area contributed by atoms with Crippen molar-refractivity contribution in [2.24, 2.45) is 4.99 Å². The van der Waals surface area contributed by atoms with E-state index in [0.29, 0.717) is 0 Å². The Balaban J connectivity index is 2.08. The van der Waals surface area contributed by atoms with Crippen LogP contribution in [0.5, 0.6) is 0 Å². The minimum absolute atomic E-state index is 0.801. The lowest BCUT2D eigenvalue weighted by Gasteiger charge is -2.00. The van der Waals surface area contributed by atoms with Crippen molar-refractivity contribution in [3.63, 3.8) is 0 Å². The molecule has 1 aromatic carbocycles. The molecule has 0 aromatic heterocycles. The lowest BCUT2D eigenvalue weighted by molar-refractivity contribution is 1.21. The Morgan fingerprint density at radius 2 is 1.93 bits per heavy atom. The Morgan fingerprint density at radius 3 is 2.79 bits per heavy atom. The highest BCUT2D eigenvalue weighted by Gasteiger charge is 1.97. The van der Waals surface area contributed by atoms with E-state index >= 15 is 0 Å². The summed E-state index contributed by atoms with van der Waals surface area (Å²) in [6.45, 7) is 0.801. The van der Waals surface area contributed by atoms with Crippen LogP contribution in [0.15, 0.2) is 59.6 Å². The second-order valence-electron chi connectivity index (χ2n) is 3.28. The molecule has 1 aromatic rings. The van der Waals surface area contributed by atoms with Gasteiger partial charge in [-0.15, -0.1) is 0 Å². The summed E-state index contributed by atoms with van der Waals surface area (Å²) in [5.74, 6) is 0. The van der Waals surface area contributed by atoms with Crippen molar-refractivity contribution in [2.75, 3.05) is 6.54 Å². The predicted octanol–water partition coefficient (Wildman–Crippen LogP) is 2.80. The molecule has 14 heavy (non-hydrogen) atoms. The second kappa shape index (κ2) is 4.56. The summed E-state index contributed by atoms with van der Waals surface area (Å²) in [5.41, 5.74) is 2.47. The molecule has 0 saturated heterocycles. The van der Waals surface area contributed by atoms with Crippen molar-refractivity contribution in [3.05, 3.63) is 60.2 Å². The van der Waals surface area contributed by atoms with Crippen LogP contribution in [-0.4, -0.2) is 12.3 Å². The standard InChI is InChI=1S/C13H13N/c1-3-7-12(8-4-1)11-13-9-5-2-6-10-14-13/h1-9H,10-11H2. The van der Waals surface area contributed by atoms with Gasteiger partial charge in [0, 0.05) is 12.1 Å². The molecule has 0 saturated carbocycles. The van der Waals surface area contributed by atoms with Gasteiger partial charge in [0.15, 0.2) is 0 Å². The minimum atomic E-state index is 0.801. The Hall–Kier alpha value is -1.63. The van der Waals surface area contributed by atoms with Crippen molar-refractivity contribution in [2.45, 2.75) is 6.42 Å². The molecule has 1 aliphatic rings. The quantitative estimate of drug-likeness (QED) is 0.668. The molecule has 1 heteroatoms. The van der Waals surface area contributed by atoms with E-state index in [1.165, 1.54) is 5.56 Å². The van der Waals surface area contributed by atoms with Crippen LogP contribution >= 0.6 is 0 Å². The molecule has 1 heterocycles. The molecule has 0 amide bonds. The van der Waals surface area contributed by atoms with E-state index < -0.39 is 0 Å². The van der Waals surface area contributed by atoms with Gasteiger partial charge >= 0.3 is 0 Å². The highest BCUT2D eigenvalue weighted by molar-refractivity contribution is 5.97. The fraction of sp³-hybridized carbons (Fsp3) is 0.154. The molecule has 70 valence electrons. The number of aliphatic imine (C=N–C) groups is 1. The third-order valence-corrected chi connectivity index (χ3v) is 2.16. The fourth-order valence-electron chi connectivity index (χ4n) is 1.45. The molecule has 1 nitrogen and oxygen atoms in total. The topological polar surface area (TPSA) is 12.4 Å². The van der Waals surface area contributed by atoms with E-state index in [1.807, 2.05) is 12.1 Å². The Morgan fingerprint density at radius 1 is 1.07 bits per heavy atom. The van der Waals surface area contributed by atoms with Crippen LogP contribution in [0.2, 0.25) is 0 Å². The zero-order valence-electron chi connectivity index (χ0n) is 8.06. The molecule has 0 spiro atoms. The average Bonchev–Trinajstić information content (AvgIpc) is 2.48. The van der Waals surface area contributed by atoms with Gasteiger partial charge in [0.2, 0.25) is 0 Å². The van der Waals surface area contributed by atoms with Gasteiger partial charge in [-0.2, -0.15) is 0 Å². The van der Waals surface area contributed by atoms with Gasteiger partial charge in [0.25, 0.3) is 0 Å². The van der Waals surface area contributed by atoms with E-state index in [2.05, 4.69) is 47.5 Å². The van der Waals surface area contributed by atoms with Crippen LogP contribution in [0.1, 0.15) is 5.56 Å².